The van der Waals surface area contributed by atoms with Gasteiger partial charge in [-0.3, -0.25) is 19.2 Å². The van der Waals surface area contributed by atoms with Crippen LogP contribution in [0, 0.1) is 5.92 Å². The van der Waals surface area contributed by atoms with Crippen molar-refractivity contribution in [3.63, 3.8) is 0 Å². The number of carbonyl (C=O) groups is 4. The van der Waals surface area contributed by atoms with Crippen LogP contribution in [0.2, 0.25) is 0 Å². The normalized spacial score (nSPS) is 18.8. The molecule has 1 fully saturated rings. The summed E-state index contributed by atoms with van der Waals surface area (Å²) in [5.41, 5.74) is 18.6. The summed E-state index contributed by atoms with van der Waals surface area (Å²) in [5.74, 6) is -1.60. The molecule has 1 aliphatic rings. The van der Waals surface area contributed by atoms with Crippen LogP contribution in [0.4, 0.5) is 0 Å². The Labute approximate surface area is 286 Å². The molecule has 48 heavy (non-hydrogen) atoms. The van der Waals surface area contributed by atoms with Gasteiger partial charge in [0.1, 0.15) is 23.7 Å². The zero-order chi connectivity index (χ0) is 35.1. The number of nitrogens with one attached hydrogen (secondary N) is 3. The summed E-state index contributed by atoms with van der Waals surface area (Å²) in [6.07, 6.45) is 5.49. The van der Waals surface area contributed by atoms with Crippen molar-refractivity contribution in [3.05, 3.63) is 71.8 Å². The summed E-state index contributed by atoms with van der Waals surface area (Å²) >= 11 is 0. The first kappa shape index (κ1) is 38.6. The number of benzene rings is 2. The largest absolute Gasteiger partial charge is 0.344 e. The van der Waals surface area contributed by atoms with Crippen LogP contribution in [0.3, 0.4) is 0 Å². The van der Waals surface area contributed by atoms with Gasteiger partial charge >= 0.3 is 0 Å². The Hall–Kier alpha value is -3.80. The average molecular weight is 664 g/mol. The summed E-state index contributed by atoms with van der Waals surface area (Å²) in [7, 11) is 1.74. The molecule has 0 bridgehead atoms. The van der Waals surface area contributed by atoms with Crippen molar-refractivity contribution >= 4 is 23.6 Å². The standard InChI is InChI=1S/C37H57N7O4/c1-26(2)23-31(33(45)41-30(19-11-13-21-39)35(47)44(3)22-14-6-12-20-38)42-34(46)32(24-27-15-7-4-8-16-27)43-36(48)37(40)25-29(37)28-17-9-5-10-18-28/h4-5,7-10,15-18,26,29-32H,6,11-14,19-25,38-40H2,1-3H3,(H,41,45)(H,42,46)(H,43,48)/t29?,30-,31-,32-,37-/m1/s1. The van der Waals surface area contributed by atoms with Gasteiger partial charge in [-0.2, -0.15) is 0 Å². The fourth-order valence-electron chi connectivity index (χ4n) is 6.03. The van der Waals surface area contributed by atoms with Crippen molar-refractivity contribution < 1.29 is 19.2 Å². The molecule has 0 spiro atoms. The zero-order valence-corrected chi connectivity index (χ0v) is 29.0. The van der Waals surface area contributed by atoms with E-state index in [-0.39, 0.29) is 24.2 Å². The lowest BCUT2D eigenvalue weighted by Crippen LogP contribution is -2.59. The second kappa shape index (κ2) is 19.3. The van der Waals surface area contributed by atoms with Crippen LogP contribution >= 0.6 is 0 Å². The Morgan fingerprint density at radius 1 is 0.792 bits per heavy atom. The molecule has 4 amide bonds. The van der Waals surface area contributed by atoms with E-state index in [2.05, 4.69) is 16.0 Å². The first-order valence-electron chi connectivity index (χ1n) is 17.4. The van der Waals surface area contributed by atoms with Crippen LogP contribution in [0.5, 0.6) is 0 Å². The number of unbranched alkanes of at least 4 members (excludes halogenated alkanes) is 3. The first-order valence-corrected chi connectivity index (χ1v) is 17.4. The van der Waals surface area contributed by atoms with Crippen molar-refractivity contribution in [1.82, 2.24) is 20.9 Å². The minimum Gasteiger partial charge on any atom is -0.344 e. The van der Waals surface area contributed by atoms with Gasteiger partial charge in [-0.25, -0.2) is 0 Å². The molecular formula is C37H57N7O4. The quantitative estimate of drug-likeness (QED) is 0.111. The van der Waals surface area contributed by atoms with Gasteiger partial charge in [-0.15, -0.1) is 0 Å². The van der Waals surface area contributed by atoms with E-state index in [9.17, 15) is 19.2 Å². The number of nitrogens with two attached hydrogens (primary N) is 3. The predicted octanol–water partition coefficient (Wildman–Crippen LogP) is 2.33. The zero-order valence-electron chi connectivity index (χ0n) is 29.0. The molecule has 0 heterocycles. The summed E-state index contributed by atoms with van der Waals surface area (Å²) in [6.45, 7) is 5.58. The highest BCUT2D eigenvalue weighted by Crippen LogP contribution is 2.49. The van der Waals surface area contributed by atoms with Gasteiger partial charge in [0, 0.05) is 25.9 Å². The van der Waals surface area contributed by atoms with Gasteiger partial charge in [-0.1, -0.05) is 80.9 Å². The fourth-order valence-corrected chi connectivity index (χ4v) is 6.03. The Bertz CT molecular complexity index is 1310. The lowest BCUT2D eigenvalue weighted by atomic mass is 9.99. The van der Waals surface area contributed by atoms with E-state index in [1.54, 1.807) is 11.9 Å². The molecule has 0 aromatic heterocycles. The molecular weight excluding hydrogens is 606 g/mol. The third-order valence-corrected chi connectivity index (χ3v) is 9.01. The molecule has 2 aromatic rings. The molecule has 1 saturated carbocycles. The molecule has 3 rings (SSSR count). The number of hydrogen-bond donors (Lipinski definition) is 6. The fraction of sp³-hybridized carbons (Fsp3) is 0.568. The van der Waals surface area contributed by atoms with Crippen LogP contribution in [0.25, 0.3) is 0 Å². The first-order chi connectivity index (χ1) is 23.0. The van der Waals surface area contributed by atoms with Gasteiger partial charge in [0.25, 0.3) is 0 Å². The molecule has 1 unspecified atom stereocenters. The third-order valence-electron chi connectivity index (χ3n) is 9.01. The predicted molar refractivity (Wildman–Crippen MR) is 190 cm³/mol. The molecule has 264 valence electrons. The minimum atomic E-state index is -1.13. The van der Waals surface area contributed by atoms with Crippen LogP contribution < -0.4 is 33.2 Å². The highest BCUT2D eigenvalue weighted by molar-refractivity contribution is 5.97. The summed E-state index contributed by atoms with van der Waals surface area (Å²) < 4.78 is 0. The van der Waals surface area contributed by atoms with E-state index in [1.807, 2.05) is 74.5 Å². The monoisotopic (exact) mass is 663 g/mol. The molecule has 1 aliphatic carbocycles. The van der Waals surface area contributed by atoms with E-state index in [0.717, 1.165) is 36.8 Å². The molecule has 2 aromatic carbocycles. The third kappa shape index (κ3) is 11.7. The highest BCUT2D eigenvalue weighted by Gasteiger charge is 2.58. The van der Waals surface area contributed by atoms with Gasteiger partial charge in [0.05, 0.1) is 0 Å². The molecule has 11 nitrogen and oxygen atoms in total. The molecule has 0 aliphatic heterocycles. The number of amides is 4. The number of hydrogen-bond acceptors (Lipinski definition) is 7. The topological polar surface area (TPSA) is 186 Å². The van der Waals surface area contributed by atoms with Gasteiger partial charge in [0.15, 0.2) is 0 Å². The van der Waals surface area contributed by atoms with Crippen molar-refractivity contribution in [2.45, 2.75) is 101 Å². The molecule has 5 atom stereocenters. The molecule has 9 N–H and O–H groups in total. The summed E-state index contributed by atoms with van der Waals surface area (Å²) in [6, 6.07) is 16.4. The van der Waals surface area contributed by atoms with Crippen molar-refractivity contribution in [2.24, 2.45) is 23.1 Å². The van der Waals surface area contributed by atoms with Crippen LogP contribution in [0.15, 0.2) is 60.7 Å². The van der Waals surface area contributed by atoms with E-state index >= 15 is 0 Å². The Balaban J connectivity index is 1.76. The van der Waals surface area contributed by atoms with E-state index in [4.69, 9.17) is 17.2 Å². The van der Waals surface area contributed by atoms with Crippen LogP contribution in [-0.2, 0) is 25.6 Å². The molecule has 0 radical (unpaired) electrons. The smallest absolute Gasteiger partial charge is 0.244 e. The number of likely N-dealkylation sites (N-methyl/N-ethyl adjacent to an activating group) is 1. The van der Waals surface area contributed by atoms with E-state index in [0.29, 0.717) is 45.3 Å². The van der Waals surface area contributed by atoms with E-state index in [1.165, 1.54) is 0 Å². The van der Waals surface area contributed by atoms with Gasteiger partial charge < -0.3 is 38.1 Å². The summed E-state index contributed by atoms with van der Waals surface area (Å²) in [5, 5.41) is 8.77. The SMILES string of the molecule is CC(C)C[C@@H](NC(=O)[C@@H](Cc1ccccc1)NC(=O)[C@@]1(N)CC1c1ccccc1)C(=O)N[C@H](CCCCN)C(=O)N(C)CCCCCN. The van der Waals surface area contributed by atoms with Gasteiger partial charge in [0.2, 0.25) is 23.6 Å². The minimum absolute atomic E-state index is 0.0604. The maximum Gasteiger partial charge on any atom is 0.244 e. The maximum atomic E-state index is 13.9. The van der Waals surface area contributed by atoms with Crippen LogP contribution in [0.1, 0.15) is 82.3 Å². The van der Waals surface area contributed by atoms with Crippen molar-refractivity contribution in [3.8, 4) is 0 Å². The maximum absolute atomic E-state index is 13.9. The Morgan fingerprint density at radius 2 is 1.38 bits per heavy atom. The molecule has 0 saturated heterocycles. The second-order valence-corrected chi connectivity index (χ2v) is 13.6. The van der Waals surface area contributed by atoms with Crippen LogP contribution in [-0.4, -0.2) is 78.9 Å². The average Bonchev–Trinajstić information content (AvgIpc) is 3.78. The van der Waals surface area contributed by atoms with Crippen molar-refractivity contribution in [2.75, 3.05) is 26.7 Å². The Kier molecular flexibility index (Phi) is 15.5. The highest BCUT2D eigenvalue weighted by atomic mass is 16.2. The summed E-state index contributed by atoms with van der Waals surface area (Å²) in [4.78, 5) is 56.5. The Morgan fingerprint density at radius 3 is 2.00 bits per heavy atom. The number of rotatable bonds is 21. The second-order valence-electron chi connectivity index (χ2n) is 13.6. The lowest BCUT2D eigenvalue weighted by molar-refractivity contribution is -0.137. The number of carbonyl (C=O) groups excluding carboxylic acids is 4. The van der Waals surface area contributed by atoms with Crippen molar-refractivity contribution in [1.29, 1.82) is 0 Å². The van der Waals surface area contributed by atoms with Gasteiger partial charge in [-0.05, 0) is 75.1 Å². The number of nitrogens with zero attached hydrogens (tertiary/aromatic N) is 1. The van der Waals surface area contributed by atoms with E-state index < -0.39 is 41.4 Å². The molecule has 11 heteroatoms. The lowest BCUT2D eigenvalue weighted by Gasteiger charge is -2.28.